The number of carbonyl (C=O) groups is 2. The molecule has 7 nitrogen and oxygen atoms in total. The first-order chi connectivity index (χ1) is 23.4. The van der Waals surface area contributed by atoms with E-state index in [-0.39, 0.29) is 5.78 Å². The number of carbonyl (C=O) groups excluding carboxylic acids is 2. The van der Waals surface area contributed by atoms with Crippen LogP contribution in [-0.4, -0.2) is 63.8 Å². The number of unbranched alkanes of at least 4 members (excludes halogenated alkanes) is 12. The summed E-state index contributed by atoms with van der Waals surface area (Å²) in [7, 11) is 3.85. The molecule has 0 saturated heterocycles. The SMILES string of the molecule is CCCCCCN(CCCCCC)c1cccc(C=O)c1N(CCCCCC)CCCCCC.CN(C)c1ccc(C(=O)C=NO)cc1. The third-order valence-corrected chi connectivity index (χ3v) is 8.80. The Morgan fingerprint density at radius 1 is 0.646 bits per heavy atom. The van der Waals surface area contributed by atoms with Crippen molar-refractivity contribution in [2.24, 2.45) is 5.16 Å². The quantitative estimate of drug-likeness (QED) is 0.0269. The molecule has 0 radical (unpaired) electrons. The van der Waals surface area contributed by atoms with Crippen molar-refractivity contribution >= 4 is 35.3 Å². The molecular formula is C41H68N4O3. The van der Waals surface area contributed by atoms with Gasteiger partial charge in [0.25, 0.3) is 0 Å². The Kier molecular flexibility index (Phi) is 24.5. The summed E-state index contributed by atoms with van der Waals surface area (Å²) in [5, 5.41) is 10.9. The van der Waals surface area contributed by atoms with E-state index in [0.717, 1.165) is 49.9 Å². The Labute approximate surface area is 293 Å². The van der Waals surface area contributed by atoms with Crippen molar-refractivity contribution in [2.75, 3.05) is 55.0 Å². The lowest BCUT2D eigenvalue weighted by atomic mass is 10.1. The van der Waals surface area contributed by atoms with E-state index in [2.05, 4.69) is 54.8 Å². The van der Waals surface area contributed by atoms with Crippen LogP contribution in [0.25, 0.3) is 0 Å². The van der Waals surface area contributed by atoms with Gasteiger partial charge in [-0.05, 0) is 62.1 Å². The van der Waals surface area contributed by atoms with Gasteiger partial charge in [0.15, 0.2) is 6.29 Å². The maximum Gasteiger partial charge on any atom is 0.207 e. The molecule has 7 heteroatoms. The molecule has 0 aliphatic heterocycles. The second-order valence-corrected chi connectivity index (χ2v) is 13.1. The molecule has 48 heavy (non-hydrogen) atoms. The van der Waals surface area contributed by atoms with E-state index in [1.807, 2.05) is 37.2 Å². The largest absolute Gasteiger partial charge is 0.411 e. The minimum Gasteiger partial charge on any atom is -0.411 e. The molecule has 0 saturated carbocycles. The van der Waals surface area contributed by atoms with E-state index >= 15 is 0 Å². The molecule has 0 fully saturated rings. The maximum atomic E-state index is 12.2. The van der Waals surface area contributed by atoms with Gasteiger partial charge in [0, 0.05) is 57.1 Å². The van der Waals surface area contributed by atoms with Gasteiger partial charge in [0.2, 0.25) is 5.78 Å². The van der Waals surface area contributed by atoms with Gasteiger partial charge in [-0.3, -0.25) is 9.59 Å². The van der Waals surface area contributed by atoms with Gasteiger partial charge in [-0.25, -0.2) is 0 Å². The molecular weight excluding hydrogens is 596 g/mol. The Morgan fingerprint density at radius 2 is 1.10 bits per heavy atom. The fourth-order valence-corrected chi connectivity index (χ4v) is 5.90. The number of anilines is 3. The number of Topliss-reactive ketones (excluding diaryl/α,β-unsaturated/α-hetero) is 1. The van der Waals surface area contributed by atoms with Crippen molar-refractivity contribution in [2.45, 2.75) is 130 Å². The Morgan fingerprint density at radius 3 is 1.50 bits per heavy atom. The topological polar surface area (TPSA) is 76.5 Å². The number of nitrogens with zero attached hydrogens (tertiary/aromatic N) is 4. The summed E-state index contributed by atoms with van der Waals surface area (Å²) < 4.78 is 0. The van der Waals surface area contributed by atoms with Gasteiger partial charge < -0.3 is 19.9 Å². The Bertz CT molecular complexity index is 1110. The van der Waals surface area contributed by atoms with Crippen LogP contribution in [0.4, 0.5) is 17.1 Å². The zero-order valence-corrected chi connectivity index (χ0v) is 31.4. The van der Waals surface area contributed by atoms with Crippen LogP contribution in [0.15, 0.2) is 47.6 Å². The lowest BCUT2D eigenvalue weighted by Gasteiger charge is -2.34. The Hall–Kier alpha value is -3.35. The van der Waals surface area contributed by atoms with Crippen molar-refractivity contribution in [3.8, 4) is 0 Å². The zero-order chi connectivity index (χ0) is 35.4. The van der Waals surface area contributed by atoms with Crippen LogP contribution in [0.3, 0.4) is 0 Å². The van der Waals surface area contributed by atoms with Gasteiger partial charge >= 0.3 is 0 Å². The van der Waals surface area contributed by atoms with Gasteiger partial charge in [-0.1, -0.05) is 116 Å². The zero-order valence-electron chi connectivity index (χ0n) is 31.4. The summed E-state index contributed by atoms with van der Waals surface area (Å²) in [4.78, 5) is 30.5. The number of para-hydroxylation sites is 1. The number of rotatable bonds is 26. The number of hydrogen-bond donors (Lipinski definition) is 1. The summed E-state index contributed by atoms with van der Waals surface area (Å²) in [5.74, 6) is -0.308. The predicted molar refractivity (Wildman–Crippen MR) is 208 cm³/mol. The second kappa shape index (κ2) is 27.6. The molecule has 0 unspecified atom stereocenters. The molecule has 2 aromatic carbocycles. The maximum absolute atomic E-state index is 12.2. The van der Waals surface area contributed by atoms with E-state index in [1.165, 1.54) is 114 Å². The van der Waals surface area contributed by atoms with E-state index in [0.29, 0.717) is 5.56 Å². The van der Waals surface area contributed by atoms with Gasteiger partial charge in [0.1, 0.15) is 6.21 Å². The van der Waals surface area contributed by atoms with E-state index in [4.69, 9.17) is 5.21 Å². The molecule has 1 N–H and O–H groups in total. The van der Waals surface area contributed by atoms with Crippen LogP contribution in [0.2, 0.25) is 0 Å². The highest BCUT2D eigenvalue weighted by molar-refractivity contribution is 6.35. The molecule has 0 aromatic heterocycles. The first-order valence-corrected chi connectivity index (χ1v) is 18.9. The fraction of sp³-hybridized carbons (Fsp3) is 0.634. The smallest absolute Gasteiger partial charge is 0.207 e. The minimum absolute atomic E-state index is 0.308. The molecule has 0 amide bonds. The molecule has 0 spiro atoms. The second-order valence-electron chi connectivity index (χ2n) is 13.1. The number of benzene rings is 2. The average molecular weight is 665 g/mol. The first-order valence-electron chi connectivity index (χ1n) is 18.9. The summed E-state index contributed by atoms with van der Waals surface area (Å²) in [6, 6.07) is 13.5. The fourth-order valence-electron chi connectivity index (χ4n) is 5.90. The third-order valence-electron chi connectivity index (χ3n) is 8.80. The molecule has 0 aliphatic carbocycles. The highest BCUT2D eigenvalue weighted by Crippen LogP contribution is 2.34. The average Bonchev–Trinajstić information content (AvgIpc) is 3.10. The van der Waals surface area contributed by atoms with Gasteiger partial charge in [0.05, 0.1) is 11.4 Å². The lowest BCUT2D eigenvalue weighted by Crippen LogP contribution is -2.32. The summed E-state index contributed by atoms with van der Waals surface area (Å²) in [6.07, 6.45) is 22.3. The molecule has 0 heterocycles. The number of hydrogen-bond acceptors (Lipinski definition) is 7. The Balaban J connectivity index is 0.000000682. The van der Waals surface area contributed by atoms with E-state index in [9.17, 15) is 9.59 Å². The van der Waals surface area contributed by atoms with Gasteiger partial charge in [-0.2, -0.15) is 0 Å². The number of ketones is 1. The highest BCUT2D eigenvalue weighted by atomic mass is 16.4. The van der Waals surface area contributed by atoms with Crippen molar-refractivity contribution < 1.29 is 14.8 Å². The van der Waals surface area contributed by atoms with E-state index in [1.54, 1.807) is 12.1 Å². The summed E-state index contributed by atoms with van der Waals surface area (Å²) in [5.41, 5.74) is 4.89. The molecule has 2 aromatic rings. The van der Waals surface area contributed by atoms with Crippen LogP contribution >= 0.6 is 0 Å². The van der Waals surface area contributed by atoms with Crippen LogP contribution < -0.4 is 14.7 Å². The van der Waals surface area contributed by atoms with E-state index < -0.39 is 0 Å². The summed E-state index contributed by atoms with van der Waals surface area (Å²) >= 11 is 0. The first kappa shape index (κ1) is 42.7. The van der Waals surface area contributed by atoms with Crippen molar-refractivity contribution in [1.82, 2.24) is 0 Å². The highest BCUT2D eigenvalue weighted by Gasteiger charge is 2.20. The van der Waals surface area contributed by atoms with Gasteiger partial charge in [-0.15, -0.1) is 0 Å². The van der Waals surface area contributed by atoms with Crippen LogP contribution in [0, 0.1) is 0 Å². The summed E-state index contributed by atoms with van der Waals surface area (Å²) in [6.45, 7) is 13.4. The molecule has 0 aliphatic rings. The van der Waals surface area contributed by atoms with Crippen LogP contribution in [0.5, 0.6) is 0 Å². The molecule has 270 valence electrons. The predicted octanol–water partition coefficient (Wildman–Crippen LogP) is 10.8. The van der Waals surface area contributed by atoms with Crippen LogP contribution in [0.1, 0.15) is 151 Å². The monoisotopic (exact) mass is 665 g/mol. The van der Waals surface area contributed by atoms with Crippen molar-refractivity contribution in [3.05, 3.63) is 53.6 Å². The van der Waals surface area contributed by atoms with Crippen LogP contribution in [-0.2, 0) is 0 Å². The molecule has 0 bridgehead atoms. The molecule has 0 atom stereocenters. The normalized spacial score (nSPS) is 10.9. The number of aldehydes is 1. The third kappa shape index (κ3) is 17.2. The van der Waals surface area contributed by atoms with Crippen molar-refractivity contribution in [1.29, 1.82) is 0 Å². The van der Waals surface area contributed by atoms with Crippen molar-refractivity contribution in [3.63, 3.8) is 0 Å². The lowest BCUT2D eigenvalue weighted by molar-refractivity contribution is 0.106. The minimum atomic E-state index is -0.308. The standard InChI is InChI=1S/C31H56N2O.C10H12N2O2/c1-5-9-13-17-24-32(25-18-14-10-6-2)30-23-21-22-29(28-34)31(30)33(26-19-15-11-7-3)27-20-16-12-8-4;1-12(2)9-5-3-8(4-6-9)10(13)7-11-14/h21-23,28H,5-20,24-27H2,1-4H3;3-7,14H,1-2H3. The molecule has 2 rings (SSSR count). The number of oxime groups is 1.